The molecule has 0 aliphatic heterocycles. The second-order valence-corrected chi connectivity index (χ2v) is 5.20. The Hall–Kier alpha value is -2.79. The third-order valence-electron chi connectivity index (χ3n) is 3.15. The predicted molar refractivity (Wildman–Crippen MR) is 92.0 cm³/mol. The Kier molecular flexibility index (Phi) is 4.59. The highest BCUT2D eigenvalue weighted by atomic mass is 35.5. The minimum Gasteiger partial charge on any atom is -0.489 e. The maximum absolute atomic E-state index is 5.81. The Morgan fingerprint density at radius 1 is 1.04 bits per heavy atom. The number of nitrogens with two attached hydrogens (primary N) is 1. The number of rotatable bonds is 5. The van der Waals surface area contributed by atoms with E-state index in [0.717, 1.165) is 17.0 Å². The predicted octanol–water partition coefficient (Wildman–Crippen LogP) is 4.03. The number of aromatic nitrogens is 2. The molecule has 0 radical (unpaired) electrons. The third kappa shape index (κ3) is 4.11. The molecule has 3 aromatic rings. The van der Waals surface area contributed by atoms with Crippen LogP contribution in [0.15, 0.2) is 60.8 Å². The Morgan fingerprint density at radius 3 is 2.52 bits per heavy atom. The fraction of sp³-hybridized carbons (Fsp3) is 0.0588. The van der Waals surface area contributed by atoms with Gasteiger partial charge in [-0.15, -0.1) is 0 Å². The Morgan fingerprint density at radius 2 is 1.78 bits per heavy atom. The minimum absolute atomic E-state index is 0.143. The quantitative estimate of drug-likeness (QED) is 0.692. The van der Waals surface area contributed by atoms with E-state index in [9.17, 15) is 0 Å². The fourth-order valence-corrected chi connectivity index (χ4v) is 2.12. The molecule has 0 bridgehead atoms. The number of hydrogen-bond donors (Lipinski definition) is 2. The number of nitrogen functional groups attached to an aromatic ring is 1. The van der Waals surface area contributed by atoms with Crippen molar-refractivity contribution in [2.45, 2.75) is 6.61 Å². The van der Waals surface area contributed by atoms with Gasteiger partial charge in [0, 0.05) is 5.69 Å². The normalized spacial score (nSPS) is 10.3. The molecular formula is C17H15ClN4O. The van der Waals surface area contributed by atoms with E-state index in [1.807, 2.05) is 54.6 Å². The van der Waals surface area contributed by atoms with Crippen molar-refractivity contribution in [3.8, 4) is 5.75 Å². The number of hydrogen-bond acceptors (Lipinski definition) is 5. The largest absolute Gasteiger partial charge is 0.489 e. The van der Waals surface area contributed by atoms with Gasteiger partial charge in [0.05, 0.1) is 11.9 Å². The first-order valence-electron chi connectivity index (χ1n) is 7.02. The molecule has 1 aromatic heterocycles. The summed E-state index contributed by atoms with van der Waals surface area (Å²) in [5.41, 5.74) is 8.19. The van der Waals surface area contributed by atoms with Crippen LogP contribution in [-0.2, 0) is 6.61 Å². The minimum atomic E-state index is 0.143. The van der Waals surface area contributed by atoms with Gasteiger partial charge < -0.3 is 15.8 Å². The van der Waals surface area contributed by atoms with E-state index in [0.29, 0.717) is 18.1 Å². The monoisotopic (exact) mass is 326 g/mol. The molecule has 2 aromatic carbocycles. The first-order valence-corrected chi connectivity index (χ1v) is 7.40. The molecule has 3 rings (SSSR count). The molecule has 0 fully saturated rings. The first-order chi connectivity index (χ1) is 11.2. The molecule has 23 heavy (non-hydrogen) atoms. The summed E-state index contributed by atoms with van der Waals surface area (Å²) in [5.74, 6) is 1.26. The Bertz CT molecular complexity index is 778. The van der Waals surface area contributed by atoms with E-state index in [-0.39, 0.29) is 5.28 Å². The van der Waals surface area contributed by atoms with Crippen molar-refractivity contribution in [3.05, 3.63) is 71.6 Å². The average Bonchev–Trinajstić information content (AvgIpc) is 2.58. The van der Waals surface area contributed by atoms with E-state index in [4.69, 9.17) is 22.1 Å². The maximum atomic E-state index is 5.81. The standard InChI is InChI=1S/C17H15ClN4O/c18-17-20-10-15(19)16(22-17)21-13-6-8-14(9-7-13)23-11-12-4-2-1-3-5-12/h1-10H,11,19H2,(H,20,21,22). The van der Waals surface area contributed by atoms with Crippen molar-refractivity contribution in [2.24, 2.45) is 0 Å². The summed E-state index contributed by atoms with van der Waals surface area (Å²) in [5, 5.41) is 3.24. The van der Waals surface area contributed by atoms with Crippen LogP contribution in [0.1, 0.15) is 5.56 Å². The molecule has 0 unspecified atom stereocenters. The van der Waals surface area contributed by atoms with Crippen molar-refractivity contribution in [1.29, 1.82) is 0 Å². The number of halogens is 1. The van der Waals surface area contributed by atoms with Crippen molar-refractivity contribution >= 4 is 28.8 Å². The molecule has 3 N–H and O–H groups in total. The van der Waals surface area contributed by atoms with Crippen LogP contribution in [-0.4, -0.2) is 9.97 Å². The first kappa shape index (κ1) is 15.1. The number of nitrogens with one attached hydrogen (secondary N) is 1. The van der Waals surface area contributed by atoms with Crippen LogP contribution < -0.4 is 15.8 Å². The van der Waals surface area contributed by atoms with Gasteiger partial charge in [-0.1, -0.05) is 30.3 Å². The van der Waals surface area contributed by atoms with Crippen molar-refractivity contribution < 1.29 is 4.74 Å². The highest BCUT2D eigenvalue weighted by molar-refractivity contribution is 6.28. The van der Waals surface area contributed by atoms with E-state index in [1.54, 1.807) is 0 Å². The lowest BCUT2D eigenvalue weighted by molar-refractivity contribution is 0.306. The second kappa shape index (κ2) is 6.98. The van der Waals surface area contributed by atoms with Crippen molar-refractivity contribution in [3.63, 3.8) is 0 Å². The van der Waals surface area contributed by atoms with Crippen LogP contribution in [0.4, 0.5) is 17.2 Å². The summed E-state index contributed by atoms with van der Waals surface area (Å²) in [6.45, 7) is 0.530. The zero-order valence-corrected chi connectivity index (χ0v) is 13.0. The van der Waals surface area contributed by atoms with E-state index in [2.05, 4.69) is 15.3 Å². The van der Waals surface area contributed by atoms with Crippen LogP contribution >= 0.6 is 11.6 Å². The van der Waals surface area contributed by atoms with Crippen LogP contribution in [0.2, 0.25) is 5.28 Å². The van der Waals surface area contributed by atoms with Gasteiger partial charge in [-0.05, 0) is 41.4 Å². The molecule has 0 amide bonds. The third-order valence-corrected chi connectivity index (χ3v) is 3.34. The molecule has 0 spiro atoms. The van der Waals surface area contributed by atoms with Crippen LogP contribution in [0.5, 0.6) is 5.75 Å². The molecule has 6 heteroatoms. The highest BCUT2D eigenvalue weighted by Crippen LogP contribution is 2.23. The van der Waals surface area contributed by atoms with E-state index in [1.165, 1.54) is 6.20 Å². The molecule has 0 aliphatic carbocycles. The number of anilines is 3. The molecule has 0 saturated carbocycles. The molecular weight excluding hydrogens is 312 g/mol. The molecule has 0 atom stereocenters. The van der Waals surface area contributed by atoms with Crippen LogP contribution in [0, 0.1) is 0 Å². The average molecular weight is 327 g/mol. The van der Waals surface area contributed by atoms with Crippen LogP contribution in [0.3, 0.4) is 0 Å². The highest BCUT2D eigenvalue weighted by Gasteiger charge is 2.04. The molecule has 1 heterocycles. The lowest BCUT2D eigenvalue weighted by Gasteiger charge is -2.10. The smallest absolute Gasteiger partial charge is 0.224 e. The Balaban J connectivity index is 1.64. The molecule has 0 saturated heterocycles. The van der Waals surface area contributed by atoms with E-state index < -0.39 is 0 Å². The summed E-state index contributed by atoms with van der Waals surface area (Å²) in [6.07, 6.45) is 1.47. The van der Waals surface area contributed by atoms with Gasteiger partial charge in [0.1, 0.15) is 12.4 Å². The van der Waals surface area contributed by atoms with Gasteiger partial charge in [0.2, 0.25) is 5.28 Å². The van der Waals surface area contributed by atoms with E-state index >= 15 is 0 Å². The maximum Gasteiger partial charge on any atom is 0.224 e. The Labute approximate surface area is 139 Å². The number of benzene rings is 2. The summed E-state index contributed by atoms with van der Waals surface area (Å²) in [6, 6.07) is 17.5. The molecule has 0 aliphatic rings. The van der Waals surface area contributed by atoms with Gasteiger partial charge in [0.15, 0.2) is 5.82 Å². The number of nitrogens with zero attached hydrogens (tertiary/aromatic N) is 2. The van der Waals surface area contributed by atoms with Gasteiger partial charge in [-0.2, -0.15) is 4.98 Å². The van der Waals surface area contributed by atoms with Crippen molar-refractivity contribution in [2.75, 3.05) is 11.1 Å². The molecule has 5 nitrogen and oxygen atoms in total. The van der Waals surface area contributed by atoms with Gasteiger partial charge in [-0.25, -0.2) is 4.98 Å². The lowest BCUT2D eigenvalue weighted by atomic mass is 10.2. The summed E-state index contributed by atoms with van der Waals surface area (Å²) < 4.78 is 5.74. The fourth-order valence-electron chi connectivity index (χ4n) is 1.98. The lowest BCUT2D eigenvalue weighted by Crippen LogP contribution is -2.01. The summed E-state index contributed by atoms with van der Waals surface area (Å²) in [4.78, 5) is 7.87. The van der Waals surface area contributed by atoms with Crippen molar-refractivity contribution in [1.82, 2.24) is 9.97 Å². The summed E-state index contributed by atoms with van der Waals surface area (Å²) in [7, 11) is 0. The molecule has 116 valence electrons. The van der Waals surface area contributed by atoms with Gasteiger partial charge in [-0.3, -0.25) is 0 Å². The SMILES string of the molecule is Nc1cnc(Cl)nc1Nc1ccc(OCc2ccccc2)cc1. The van der Waals surface area contributed by atoms with Gasteiger partial charge >= 0.3 is 0 Å². The van der Waals surface area contributed by atoms with Crippen LogP contribution in [0.25, 0.3) is 0 Å². The zero-order chi connectivity index (χ0) is 16.1. The zero-order valence-electron chi connectivity index (χ0n) is 12.2. The summed E-state index contributed by atoms with van der Waals surface area (Å²) >= 11 is 5.77. The second-order valence-electron chi connectivity index (χ2n) is 4.87. The number of ether oxygens (including phenoxy) is 1. The topological polar surface area (TPSA) is 73.1 Å². The van der Waals surface area contributed by atoms with Gasteiger partial charge in [0.25, 0.3) is 0 Å².